The highest BCUT2D eigenvalue weighted by molar-refractivity contribution is 4.72. The Morgan fingerprint density at radius 2 is 1.73 bits per heavy atom. The molecule has 0 aromatic rings. The van der Waals surface area contributed by atoms with E-state index in [1.54, 1.807) is 0 Å². The van der Waals surface area contributed by atoms with Crippen LogP contribution in [0.2, 0.25) is 0 Å². The highest BCUT2D eigenvalue weighted by Gasteiger charge is 2.26. The maximum absolute atomic E-state index is 11.8. The molecule has 0 saturated carbocycles. The molecule has 0 aromatic heterocycles. The van der Waals surface area contributed by atoms with Crippen LogP contribution in [-0.2, 0) is 0 Å². The molecule has 0 aromatic carbocycles. The smallest absolute Gasteiger partial charge is 0.328 e. The van der Waals surface area contributed by atoms with Crippen molar-refractivity contribution in [2.24, 2.45) is 11.1 Å². The normalized spacial score (nSPS) is 15.4. The minimum absolute atomic E-state index is 0.0364. The topological polar surface area (TPSA) is 38.0 Å². The quantitative estimate of drug-likeness (QED) is 0.706. The lowest BCUT2D eigenvalue weighted by molar-refractivity contribution is -0.124. The Morgan fingerprint density at radius 1 is 1.20 bits per heavy atom. The fourth-order valence-electron chi connectivity index (χ4n) is 1.41. The van der Waals surface area contributed by atoms with Crippen molar-refractivity contribution in [2.45, 2.75) is 45.8 Å². The lowest BCUT2D eigenvalue weighted by atomic mass is 9.87. The van der Waals surface area contributed by atoms with Gasteiger partial charge in [0.1, 0.15) is 0 Å². The summed E-state index contributed by atoms with van der Waals surface area (Å²) in [5.41, 5.74) is 5.92. The van der Waals surface area contributed by atoms with E-state index in [-0.39, 0.29) is 11.5 Å². The molecule has 5 heteroatoms. The second kappa shape index (κ2) is 5.70. The molecule has 15 heavy (non-hydrogen) atoms. The van der Waals surface area contributed by atoms with Gasteiger partial charge in [0.2, 0.25) is 0 Å². The summed E-state index contributed by atoms with van der Waals surface area (Å²) >= 11 is 0. The van der Waals surface area contributed by atoms with Crippen molar-refractivity contribution < 1.29 is 13.2 Å². The third-order valence-electron chi connectivity index (χ3n) is 1.89. The maximum Gasteiger partial charge on any atom is 0.401 e. The molecule has 0 saturated heterocycles. The Balaban J connectivity index is 3.52. The molecule has 0 spiro atoms. The minimum Gasteiger partial charge on any atom is -0.328 e. The molecular formula is C10H21F3N2. The van der Waals surface area contributed by atoms with Crippen LogP contribution in [-0.4, -0.2) is 25.3 Å². The van der Waals surface area contributed by atoms with Crippen molar-refractivity contribution in [1.82, 2.24) is 5.32 Å². The van der Waals surface area contributed by atoms with Gasteiger partial charge in [-0.3, -0.25) is 0 Å². The number of rotatable bonds is 5. The van der Waals surface area contributed by atoms with Gasteiger partial charge in [0.25, 0.3) is 0 Å². The lowest BCUT2D eigenvalue weighted by Gasteiger charge is -2.23. The molecule has 0 aliphatic carbocycles. The SMILES string of the molecule is CC(C)(C)CC(N)CCNCC(F)(F)F. The minimum atomic E-state index is -4.13. The molecule has 0 radical (unpaired) electrons. The van der Waals surface area contributed by atoms with Gasteiger partial charge in [-0.25, -0.2) is 0 Å². The Hall–Kier alpha value is -0.290. The van der Waals surface area contributed by atoms with E-state index in [2.05, 4.69) is 26.1 Å². The Kier molecular flexibility index (Phi) is 5.59. The van der Waals surface area contributed by atoms with Gasteiger partial charge in [-0.15, -0.1) is 0 Å². The molecule has 0 aliphatic heterocycles. The molecule has 92 valence electrons. The van der Waals surface area contributed by atoms with E-state index in [0.29, 0.717) is 13.0 Å². The molecule has 0 heterocycles. The monoisotopic (exact) mass is 226 g/mol. The second-order valence-corrected chi connectivity index (χ2v) is 5.11. The van der Waals surface area contributed by atoms with Gasteiger partial charge in [0, 0.05) is 6.04 Å². The van der Waals surface area contributed by atoms with Crippen molar-refractivity contribution in [2.75, 3.05) is 13.1 Å². The largest absolute Gasteiger partial charge is 0.401 e. The van der Waals surface area contributed by atoms with Crippen LogP contribution in [0.3, 0.4) is 0 Å². The summed E-state index contributed by atoms with van der Waals surface area (Å²) in [5, 5.41) is 2.34. The Labute approximate surface area is 89.4 Å². The van der Waals surface area contributed by atoms with Gasteiger partial charge in [-0.2, -0.15) is 13.2 Å². The average molecular weight is 226 g/mol. The van der Waals surface area contributed by atoms with E-state index in [4.69, 9.17) is 5.73 Å². The van der Waals surface area contributed by atoms with E-state index >= 15 is 0 Å². The zero-order valence-corrected chi connectivity index (χ0v) is 9.62. The van der Waals surface area contributed by atoms with Crippen LogP contribution < -0.4 is 11.1 Å². The lowest BCUT2D eigenvalue weighted by Crippen LogP contribution is -2.34. The zero-order valence-electron chi connectivity index (χ0n) is 9.62. The molecule has 2 nitrogen and oxygen atoms in total. The molecule has 0 amide bonds. The van der Waals surface area contributed by atoms with Gasteiger partial charge in [0.05, 0.1) is 6.54 Å². The highest BCUT2D eigenvalue weighted by Crippen LogP contribution is 2.20. The van der Waals surface area contributed by atoms with Crippen LogP contribution in [0.25, 0.3) is 0 Å². The van der Waals surface area contributed by atoms with Crippen molar-refractivity contribution in [3.8, 4) is 0 Å². The summed E-state index contributed by atoms with van der Waals surface area (Å²) in [4.78, 5) is 0. The average Bonchev–Trinajstić information content (AvgIpc) is 1.92. The summed E-state index contributed by atoms with van der Waals surface area (Å²) in [6.45, 7) is 5.58. The van der Waals surface area contributed by atoms with Gasteiger partial charge >= 0.3 is 6.18 Å². The van der Waals surface area contributed by atoms with Crippen LogP contribution in [0.4, 0.5) is 13.2 Å². The summed E-state index contributed by atoms with van der Waals surface area (Å²) in [5.74, 6) is 0. The third-order valence-corrected chi connectivity index (χ3v) is 1.89. The van der Waals surface area contributed by atoms with Crippen LogP contribution in [0.5, 0.6) is 0 Å². The van der Waals surface area contributed by atoms with Crippen LogP contribution in [0, 0.1) is 5.41 Å². The zero-order chi connectivity index (χ0) is 12.1. The van der Waals surface area contributed by atoms with Crippen LogP contribution in [0.1, 0.15) is 33.6 Å². The van der Waals surface area contributed by atoms with E-state index in [1.165, 1.54) is 0 Å². The third kappa shape index (κ3) is 11.6. The second-order valence-electron chi connectivity index (χ2n) is 5.11. The Bertz CT molecular complexity index is 172. The first-order chi connectivity index (χ1) is 6.60. The van der Waals surface area contributed by atoms with Gasteiger partial charge in [-0.05, 0) is 24.8 Å². The van der Waals surface area contributed by atoms with E-state index < -0.39 is 12.7 Å². The standard InChI is InChI=1S/C10H21F3N2/c1-9(2,3)6-8(14)4-5-15-7-10(11,12)13/h8,15H,4-7,14H2,1-3H3. The summed E-state index contributed by atoms with van der Waals surface area (Å²) < 4.78 is 35.3. The first-order valence-corrected chi connectivity index (χ1v) is 5.13. The van der Waals surface area contributed by atoms with Crippen molar-refractivity contribution >= 4 is 0 Å². The predicted octanol–water partition coefficient (Wildman–Crippen LogP) is 2.29. The Morgan fingerprint density at radius 3 is 2.13 bits per heavy atom. The fraction of sp³-hybridized carbons (Fsp3) is 1.00. The molecule has 0 bridgehead atoms. The molecule has 3 N–H and O–H groups in total. The number of alkyl halides is 3. The molecule has 0 rings (SSSR count). The highest BCUT2D eigenvalue weighted by atomic mass is 19.4. The van der Waals surface area contributed by atoms with Crippen molar-refractivity contribution in [3.05, 3.63) is 0 Å². The van der Waals surface area contributed by atoms with E-state index in [1.807, 2.05) is 0 Å². The predicted molar refractivity (Wildman–Crippen MR) is 55.6 cm³/mol. The number of hydrogen-bond acceptors (Lipinski definition) is 2. The van der Waals surface area contributed by atoms with Crippen molar-refractivity contribution in [3.63, 3.8) is 0 Å². The van der Waals surface area contributed by atoms with E-state index in [9.17, 15) is 13.2 Å². The molecular weight excluding hydrogens is 205 g/mol. The fourth-order valence-corrected chi connectivity index (χ4v) is 1.41. The van der Waals surface area contributed by atoms with Crippen molar-refractivity contribution in [1.29, 1.82) is 0 Å². The van der Waals surface area contributed by atoms with Gasteiger partial charge < -0.3 is 11.1 Å². The number of nitrogens with two attached hydrogens (primary N) is 1. The molecule has 1 atom stereocenters. The van der Waals surface area contributed by atoms with Crippen LogP contribution in [0.15, 0.2) is 0 Å². The maximum atomic E-state index is 11.8. The number of halogens is 3. The van der Waals surface area contributed by atoms with Gasteiger partial charge in [-0.1, -0.05) is 20.8 Å². The number of hydrogen-bond donors (Lipinski definition) is 2. The molecule has 0 fully saturated rings. The summed E-state index contributed by atoms with van der Waals surface area (Å²) in [6.07, 6.45) is -2.73. The van der Waals surface area contributed by atoms with E-state index in [0.717, 1.165) is 6.42 Å². The first kappa shape index (κ1) is 14.7. The van der Waals surface area contributed by atoms with Gasteiger partial charge in [0.15, 0.2) is 0 Å². The molecule has 0 aliphatic rings. The summed E-state index contributed by atoms with van der Waals surface area (Å²) in [7, 11) is 0. The summed E-state index contributed by atoms with van der Waals surface area (Å²) in [6, 6.07) is -0.0364. The first-order valence-electron chi connectivity index (χ1n) is 5.13. The number of nitrogens with one attached hydrogen (secondary N) is 1. The van der Waals surface area contributed by atoms with Crippen LogP contribution >= 0.6 is 0 Å². The molecule has 1 unspecified atom stereocenters.